The van der Waals surface area contributed by atoms with Crippen LogP contribution in [0, 0.1) is 0 Å². The van der Waals surface area contributed by atoms with Crippen LogP contribution in [0.4, 0.5) is 0 Å². The molecule has 0 spiro atoms. The van der Waals surface area contributed by atoms with Gasteiger partial charge in [0.2, 0.25) is 0 Å². The Morgan fingerprint density at radius 2 is 1.89 bits per heavy atom. The van der Waals surface area contributed by atoms with Gasteiger partial charge < -0.3 is 30.3 Å². The number of hydrogen-bond donors (Lipinski definition) is 5. The first kappa shape index (κ1) is 13.3. The second-order valence-corrected chi connectivity index (χ2v) is 4.05. The van der Waals surface area contributed by atoms with E-state index < -0.39 is 37.3 Å². The molecule has 1 aliphatic rings. The van der Waals surface area contributed by atoms with Crippen molar-refractivity contribution in [2.75, 3.05) is 6.61 Å². The zero-order chi connectivity index (χ0) is 13.3. The number of ether oxygens (including phenoxy) is 1. The first-order valence-corrected chi connectivity index (χ1v) is 5.40. The third-order valence-electron chi connectivity index (χ3n) is 2.92. The van der Waals surface area contributed by atoms with Gasteiger partial charge in [0, 0.05) is 0 Å². The fourth-order valence-electron chi connectivity index (χ4n) is 1.88. The van der Waals surface area contributed by atoms with Gasteiger partial charge in [-0.05, 0) is 0 Å². The fraction of sp³-hybridized carbons (Fsp3) is 0.778. The second-order valence-electron chi connectivity index (χ2n) is 4.05. The minimum Gasteiger partial charge on any atom is -0.394 e. The normalized spacial score (nSPS) is 36.8. The van der Waals surface area contributed by atoms with Gasteiger partial charge in [-0.25, -0.2) is 4.68 Å². The summed E-state index contributed by atoms with van der Waals surface area (Å²) in [5.74, 6) is 0. The fourth-order valence-corrected chi connectivity index (χ4v) is 1.88. The minimum atomic E-state index is -1.49. The molecular weight excluding hydrogens is 246 g/mol. The molecule has 0 saturated carbocycles. The number of aliphatic hydroxyl groups is 5. The van der Waals surface area contributed by atoms with Crippen LogP contribution in [0.1, 0.15) is 11.9 Å². The zero-order valence-electron chi connectivity index (χ0n) is 9.36. The maximum Gasteiger partial charge on any atom is 0.181 e. The van der Waals surface area contributed by atoms with E-state index in [2.05, 4.69) is 10.3 Å². The Labute approximate surface area is 102 Å². The number of aromatic nitrogens is 3. The topological polar surface area (TPSA) is 141 Å². The summed E-state index contributed by atoms with van der Waals surface area (Å²) in [4.78, 5) is 0. The summed E-state index contributed by atoms with van der Waals surface area (Å²) in [6.07, 6.45) is -5.25. The lowest BCUT2D eigenvalue weighted by Crippen LogP contribution is -2.56. The number of rotatable bonds is 3. The van der Waals surface area contributed by atoms with Gasteiger partial charge in [0.15, 0.2) is 6.23 Å². The van der Waals surface area contributed by atoms with Crippen LogP contribution in [0.15, 0.2) is 6.20 Å². The summed E-state index contributed by atoms with van der Waals surface area (Å²) in [7, 11) is 0. The molecule has 0 radical (unpaired) electrons. The van der Waals surface area contributed by atoms with E-state index in [0.29, 0.717) is 0 Å². The lowest BCUT2D eigenvalue weighted by Gasteiger charge is -2.39. The van der Waals surface area contributed by atoms with Crippen molar-refractivity contribution in [3.05, 3.63) is 11.9 Å². The minimum absolute atomic E-state index is 0.277. The molecule has 1 aromatic rings. The Kier molecular flexibility index (Phi) is 3.90. The van der Waals surface area contributed by atoms with Gasteiger partial charge in [0.25, 0.3) is 0 Å². The molecule has 2 rings (SSSR count). The molecule has 5 atom stereocenters. The lowest BCUT2D eigenvalue weighted by molar-refractivity contribution is -0.254. The van der Waals surface area contributed by atoms with Crippen LogP contribution in [0.3, 0.4) is 0 Å². The van der Waals surface area contributed by atoms with E-state index >= 15 is 0 Å². The third-order valence-corrected chi connectivity index (χ3v) is 2.92. The molecule has 0 aliphatic carbocycles. The van der Waals surface area contributed by atoms with Crippen molar-refractivity contribution >= 4 is 0 Å². The van der Waals surface area contributed by atoms with Gasteiger partial charge in [-0.1, -0.05) is 5.21 Å². The lowest BCUT2D eigenvalue weighted by atomic mass is 9.98. The molecule has 102 valence electrons. The van der Waals surface area contributed by atoms with Gasteiger partial charge in [-0.3, -0.25) is 0 Å². The Morgan fingerprint density at radius 3 is 2.50 bits per heavy atom. The molecule has 18 heavy (non-hydrogen) atoms. The van der Waals surface area contributed by atoms with Crippen LogP contribution in [-0.4, -0.2) is 71.5 Å². The van der Waals surface area contributed by atoms with E-state index in [4.69, 9.17) is 14.9 Å². The number of hydrogen-bond acceptors (Lipinski definition) is 8. The van der Waals surface area contributed by atoms with E-state index in [-0.39, 0.29) is 12.3 Å². The Hall–Kier alpha value is -1.10. The van der Waals surface area contributed by atoms with Crippen LogP contribution < -0.4 is 0 Å². The summed E-state index contributed by atoms with van der Waals surface area (Å²) in [5, 5.41) is 54.3. The zero-order valence-corrected chi connectivity index (χ0v) is 9.36. The SMILES string of the molecule is OCc1cnnn1[C@@H]1O[C@H](CO)[C@@H](O)[C@H](O)[C@@H]1O. The van der Waals surface area contributed by atoms with Crippen molar-refractivity contribution in [3.8, 4) is 0 Å². The first-order chi connectivity index (χ1) is 8.60. The summed E-state index contributed by atoms with van der Waals surface area (Å²) < 4.78 is 6.36. The van der Waals surface area contributed by atoms with Crippen molar-refractivity contribution < 1.29 is 30.3 Å². The largest absolute Gasteiger partial charge is 0.394 e. The highest BCUT2D eigenvalue weighted by molar-refractivity contribution is 4.97. The van der Waals surface area contributed by atoms with Crippen LogP contribution in [0.2, 0.25) is 0 Å². The van der Waals surface area contributed by atoms with E-state index in [1.165, 1.54) is 6.20 Å². The van der Waals surface area contributed by atoms with Crippen molar-refractivity contribution in [1.29, 1.82) is 0 Å². The molecule has 5 N–H and O–H groups in total. The molecule has 1 saturated heterocycles. The molecule has 0 amide bonds. The molecule has 0 unspecified atom stereocenters. The van der Waals surface area contributed by atoms with Crippen molar-refractivity contribution in [2.24, 2.45) is 0 Å². The van der Waals surface area contributed by atoms with Gasteiger partial charge in [0.1, 0.15) is 24.4 Å². The summed E-state index contributed by atoms with van der Waals surface area (Å²) in [6, 6.07) is 0. The predicted molar refractivity (Wildman–Crippen MR) is 55.0 cm³/mol. The van der Waals surface area contributed by atoms with Gasteiger partial charge in [-0.15, -0.1) is 5.10 Å². The standard InChI is InChI=1S/C9H15N3O6/c13-2-4-1-10-11-12(4)9-8(17)7(16)6(15)5(3-14)18-9/h1,5-9,13-17H,2-3H2/t5-,6-,7+,8+,9-/m1/s1. The van der Waals surface area contributed by atoms with Crippen molar-refractivity contribution in [1.82, 2.24) is 15.0 Å². The van der Waals surface area contributed by atoms with E-state index in [9.17, 15) is 15.3 Å². The predicted octanol–water partition coefficient (Wildman–Crippen LogP) is -3.26. The molecule has 0 bridgehead atoms. The Bertz CT molecular complexity index is 397. The maximum absolute atomic E-state index is 9.83. The third kappa shape index (κ3) is 2.11. The molecule has 1 aromatic heterocycles. The maximum atomic E-state index is 9.83. The quantitative estimate of drug-likeness (QED) is 0.382. The second kappa shape index (κ2) is 5.26. The summed E-state index contributed by atoms with van der Waals surface area (Å²) in [6.45, 7) is -0.896. The first-order valence-electron chi connectivity index (χ1n) is 5.40. The molecule has 0 aromatic carbocycles. The van der Waals surface area contributed by atoms with Crippen LogP contribution in [-0.2, 0) is 11.3 Å². The summed E-state index contributed by atoms with van der Waals surface area (Å²) >= 11 is 0. The molecule has 9 heteroatoms. The van der Waals surface area contributed by atoms with Crippen molar-refractivity contribution in [3.63, 3.8) is 0 Å². The number of aliphatic hydroxyl groups excluding tert-OH is 5. The Balaban J connectivity index is 2.27. The molecule has 9 nitrogen and oxygen atoms in total. The van der Waals surface area contributed by atoms with E-state index in [0.717, 1.165) is 4.68 Å². The highest BCUT2D eigenvalue weighted by atomic mass is 16.6. The summed E-state index contributed by atoms with van der Waals surface area (Å²) in [5.41, 5.74) is 0.277. The smallest absolute Gasteiger partial charge is 0.181 e. The number of nitrogens with zero attached hydrogens (tertiary/aromatic N) is 3. The van der Waals surface area contributed by atoms with Crippen molar-refractivity contribution in [2.45, 2.75) is 37.3 Å². The van der Waals surface area contributed by atoms with Gasteiger partial charge in [-0.2, -0.15) is 0 Å². The molecule has 2 heterocycles. The van der Waals surface area contributed by atoms with Crippen LogP contribution in [0.5, 0.6) is 0 Å². The molecule has 1 fully saturated rings. The van der Waals surface area contributed by atoms with E-state index in [1.807, 2.05) is 0 Å². The van der Waals surface area contributed by atoms with Gasteiger partial charge >= 0.3 is 0 Å². The monoisotopic (exact) mass is 261 g/mol. The average molecular weight is 261 g/mol. The van der Waals surface area contributed by atoms with Crippen LogP contribution >= 0.6 is 0 Å². The molecule has 1 aliphatic heterocycles. The average Bonchev–Trinajstić information content (AvgIpc) is 2.84. The molecular formula is C9H15N3O6. The van der Waals surface area contributed by atoms with Crippen LogP contribution in [0.25, 0.3) is 0 Å². The van der Waals surface area contributed by atoms with E-state index in [1.54, 1.807) is 0 Å². The highest BCUT2D eigenvalue weighted by Gasteiger charge is 2.45. The highest BCUT2D eigenvalue weighted by Crippen LogP contribution is 2.28. The van der Waals surface area contributed by atoms with Gasteiger partial charge in [0.05, 0.1) is 25.1 Å². The Morgan fingerprint density at radius 1 is 1.17 bits per heavy atom.